The van der Waals surface area contributed by atoms with Gasteiger partial charge < -0.3 is 5.32 Å². The highest BCUT2D eigenvalue weighted by atomic mass is 32.2. The number of anilines is 1. The Hall–Kier alpha value is -1.14. The second kappa shape index (κ2) is 5.46. The summed E-state index contributed by atoms with van der Waals surface area (Å²) in [5.41, 5.74) is 0. The molecule has 1 saturated heterocycles. The zero-order chi connectivity index (χ0) is 14.0. The third-order valence-corrected chi connectivity index (χ3v) is 5.39. The molecule has 19 heavy (non-hydrogen) atoms. The molecule has 1 N–H and O–H groups in total. The molecule has 2 unspecified atom stereocenters. The first-order chi connectivity index (χ1) is 8.95. The molecule has 1 aromatic rings. The van der Waals surface area contributed by atoms with Crippen LogP contribution in [0, 0.1) is 5.92 Å². The van der Waals surface area contributed by atoms with Crippen LogP contribution in [0.5, 0.6) is 0 Å². The summed E-state index contributed by atoms with van der Waals surface area (Å²) in [7, 11) is -3.41. The fraction of sp³-hybridized carbons (Fsp3) is 0.615. The average Bonchev–Trinajstić information content (AvgIpc) is 2.70. The Bertz CT molecular complexity index is 527. The van der Waals surface area contributed by atoms with Gasteiger partial charge in [-0.1, -0.05) is 6.92 Å². The molecule has 0 aliphatic carbocycles. The van der Waals surface area contributed by atoms with Crippen LogP contribution >= 0.6 is 0 Å². The summed E-state index contributed by atoms with van der Waals surface area (Å²) in [5.74, 6) is 1.11. The first kappa shape index (κ1) is 14.3. The number of nitrogens with one attached hydrogen (secondary N) is 1. The highest BCUT2D eigenvalue weighted by molar-refractivity contribution is 7.89. The van der Waals surface area contributed by atoms with Crippen molar-refractivity contribution >= 4 is 15.8 Å². The van der Waals surface area contributed by atoms with Crippen LogP contribution in [0.25, 0.3) is 0 Å². The molecule has 1 aliphatic heterocycles. The van der Waals surface area contributed by atoms with E-state index in [0.29, 0.717) is 18.3 Å². The van der Waals surface area contributed by atoms with Crippen molar-refractivity contribution in [2.45, 2.75) is 38.1 Å². The molecule has 0 radical (unpaired) electrons. The van der Waals surface area contributed by atoms with Crippen molar-refractivity contribution in [2.24, 2.45) is 5.92 Å². The quantitative estimate of drug-likeness (QED) is 0.917. The minimum absolute atomic E-state index is 0.0634. The Labute approximate surface area is 115 Å². The third-order valence-electron chi connectivity index (χ3n) is 3.43. The molecular weight excluding hydrogens is 262 g/mol. The normalized spacial score (nSPS) is 24.6. The van der Waals surface area contributed by atoms with Gasteiger partial charge in [-0.15, -0.1) is 0 Å². The first-order valence-corrected chi connectivity index (χ1v) is 8.11. The van der Waals surface area contributed by atoms with E-state index in [0.717, 1.165) is 13.0 Å². The predicted molar refractivity (Wildman–Crippen MR) is 75.5 cm³/mol. The summed E-state index contributed by atoms with van der Waals surface area (Å²) in [6.07, 6.45) is 2.35. The van der Waals surface area contributed by atoms with Gasteiger partial charge in [0.1, 0.15) is 10.7 Å². The van der Waals surface area contributed by atoms with Gasteiger partial charge in [-0.05, 0) is 38.3 Å². The first-order valence-electron chi connectivity index (χ1n) is 6.67. The second-order valence-corrected chi connectivity index (χ2v) is 7.06. The van der Waals surface area contributed by atoms with Gasteiger partial charge in [0.15, 0.2) is 0 Å². The van der Waals surface area contributed by atoms with E-state index in [2.05, 4.69) is 17.2 Å². The number of pyridine rings is 1. The molecule has 0 amide bonds. The Morgan fingerprint density at radius 3 is 2.63 bits per heavy atom. The van der Waals surface area contributed by atoms with Crippen molar-refractivity contribution < 1.29 is 8.42 Å². The predicted octanol–water partition coefficient (Wildman–Crippen LogP) is 1.93. The largest absolute Gasteiger partial charge is 0.370 e. The smallest absolute Gasteiger partial charge is 0.244 e. The summed E-state index contributed by atoms with van der Waals surface area (Å²) >= 11 is 0. The molecule has 6 heteroatoms. The Kier molecular flexibility index (Phi) is 4.10. The zero-order valence-corrected chi connectivity index (χ0v) is 12.4. The lowest BCUT2D eigenvalue weighted by Gasteiger charge is -2.20. The van der Waals surface area contributed by atoms with E-state index in [1.165, 1.54) is 6.20 Å². The van der Waals surface area contributed by atoms with E-state index in [9.17, 15) is 8.42 Å². The Morgan fingerprint density at radius 2 is 2.16 bits per heavy atom. The summed E-state index contributed by atoms with van der Waals surface area (Å²) in [4.78, 5) is 4.41. The van der Waals surface area contributed by atoms with Crippen LogP contribution < -0.4 is 5.32 Å². The van der Waals surface area contributed by atoms with Gasteiger partial charge in [0, 0.05) is 25.3 Å². The van der Waals surface area contributed by atoms with Gasteiger partial charge in [-0.3, -0.25) is 0 Å². The van der Waals surface area contributed by atoms with Crippen LogP contribution in [0.2, 0.25) is 0 Å². The maximum atomic E-state index is 12.5. The highest BCUT2D eigenvalue weighted by Gasteiger charge is 2.36. The fourth-order valence-electron chi connectivity index (χ4n) is 2.55. The molecule has 0 saturated carbocycles. The van der Waals surface area contributed by atoms with Gasteiger partial charge in [0.05, 0.1) is 0 Å². The summed E-state index contributed by atoms with van der Waals surface area (Å²) < 4.78 is 26.6. The van der Waals surface area contributed by atoms with E-state index in [1.54, 1.807) is 16.4 Å². The van der Waals surface area contributed by atoms with Crippen LogP contribution in [0.4, 0.5) is 5.82 Å². The van der Waals surface area contributed by atoms with Crippen LogP contribution in [0.1, 0.15) is 27.2 Å². The van der Waals surface area contributed by atoms with Gasteiger partial charge in [0.25, 0.3) is 0 Å². The zero-order valence-electron chi connectivity index (χ0n) is 11.6. The molecule has 2 rings (SSSR count). The molecule has 106 valence electrons. The SMILES string of the molecule is CCNc1ccc(S(=O)(=O)N2CC(C)CC2C)cn1. The van der Waals surface area contributed by atoms with E-state index in [1.807, 2.05) is 13.8 Å². The molecule has 1 aromatic heterocycles. The fourth-order valence-corrected chi connectivity index (χ4v) is 4.26. The highest BCUT2D eigenvalue weighted by Crippen LogP contribution is 2.28. The van der Waals surface area contributed by atoms with Gasteiger partial charge in [-0.2, -0.15) is 4.31 Å². The molecule has 0 spiro atoms. The number of sulfonamides is 1. The van der Waals surface area contributed by atoms with Crippen LogP contribution in [-0.4, -0.2) is 36.8 Å². The molecule has 1 aliphatic rings. The van der Waals surface area contributed by atoms with Gasteiger partial charge in [0.2, 0.25) is 10.0 Å². The third kappa shape index (κ3) is 2.90. The van der Waals surface area contributed by atoms with Crippen LogP contribution in [-0.2, 0) is 10.0 Å². The average molecular weight is 283 g/mol. The monoisotopic (exact) mass is 283 g/mol. The van der Waals surface area contributed by atoms with E-state index >= 15 is 0 Å². The number of rotatable bonds is 4. The molecule has 1 fully saturated rings. The van der Waals surface area contributed by atoms with Crippen molar-refractivity contribution in [3.05, 3.63) is 18.3 Å². The van der Waals surface area contributed by atoms with E-state index in [4.69, 9.17) is 0 Å². The standard InChI is InChI=1S/C13H21N3O2S/c1-4-14-13-6-5-12(8-15-13)19(17,18)16-9-10(2)7-11(16)3/h5-6,8,10-11H,4,7,9H2,1-3H3,(H,14,15). The Balaban J connectivity index is 2.24. The van der Waals surface area contributed by atoms with Crippen molar-refractivity contribution in [1.82, 2.24) is 9.29 Å². The number of hydrogen-bond donors (Lipinski definition) is 1. The second-order valence-electron chi connectivity index (χ2n) is 5.17. The number of aromatic nitrogens is 1. The maximum Gasteiger partial charge on any atom is 0.244 e. The lowest BCUT2D eigenvalue weighted by Crippen LogP contribution is -2.34. The molecule has 5 nitrogen and oxygen atoms in total. The van der Waals surface area contributed by atoms with Crippen molar-refractivity contribution in [3.63, 3.8) is 0 Å². The van der Waals surface area contributed by atoms with Crippen molar-refractivity contribution in [3.8, 4) is 0 Å². The lowest BCUT2D eigenvalue weighted by atomic mass is 10.1. The number of nitrogens with zero attached hydrogens (tertiary/aromatic N) is 2. The molecule has 0 bridgehead atoms. The topological polar surface area (TPSA) is 62.3 Å². The Morgan fingerprint density at radius 1 is 1.42 bits per heavy atom. The molecule has 2 atom stereocenters. The van der Waals surface area contributed by atoms with Gasteiger partial charge in [-0.25, -0.2) is 13.4 Å². The maximum absolute atomic E-state index is 12.5. The summed E-state index contributed by atoms with van der Waals surface area (Å²) in [6, 6.07) is 3.39. The van der Waals surface area contributed by atoms with Crippen molar-refractivity contribution in [2.75, 3.05) is 18.4 Å². The van der Waals surface area contributed by atoms with E-state index < -0.39 is 10.0 Å². The minimum atomic E-state index is -3.41. The van der Waals surface area contributed by atoms with Gasteiger partial charge >= 0.3 is 0 Å². The number of hydrogen-bond acceptors (Lipinski definition) is 4. The molecular formula is C13H21N3O2S. The summed E-state index contributed by atoms with van der Waals surface area (Å²) in [6.45, 7) is 7.37. The van der Waals surface area contributed by atoms with Crippen LogP contribution in [0.3, 0.4) is 0 Å². The summed E-state index contributed by atoms with van der Waals surface area (Å²) in [5, 5.41) is 3.05. The van der Waals surface area contributed by atoms with E-state index in [-0.39, 0.29) is 10.9 Å². The lowest BCUT2D eigenvalue weighted by molar-refractivity contribution is 0.405. The molecule has 0 aromatic carbocycles. The van der Waals surface area contributed by atoms with Crippen molar-refractivity contribution in [1.29, 1.82) is 0 Å². The minimum Gasteiger partial charge on any atom is -0.370 e. The van der Waals surface area contributed by atoms with Crippen LogP contribution in [0.15, 0.2) is 23.2 Å². The molecule has 2 heterocycles.